The highest BCUT2D eigenvalue weighted by molar-refractivity contribution is 5.56. The van der Waals surface area contributed by atoms with Crippen LogP contribution in [0, 0.1) is 31.0 Å². The molecule has 0 aliphatic rings. The summed E-state index contributed by atoms with van der Waals surface area (Å²) in [5, 5.41) is 13.0. The molecule has 17 heavy (non-hydrogen) atoms. The first-order valence-electron chi connectivity index (χ1n) is 5.05. The number of rotatable bonds is 1. The molecule has 1 aromatic carbocycles. The van der Waals surface area contributed by atoms with Crippen molar-refractivity contribution in [2.75, 3.05) is 5.73 Å². The maximum absolute atomic E-state index is 13.3. The lowest BCUT2D eigenvalue weighted by Crippen LogP contribution is -2.03. The molecule has 0 amide bonds. The lowest BCUT2D eigenvalue weighted by Gasteiger charge is -2.05. The summed E-state index contributed by atoms with van der Waals surface area (Å²) in [6.45, 7) is 3.47. The predicted molar refractivity (Wildman–Crippen MR) is 62.1 cm³/mol. The molecule has 0 bridgehead atoms. The van der Waals surface area contributed by atoms with Gasteiger partial charge >= 0.3 is 0 Å². The van der Waals surface area contributed by atoms with Crippen molar-refractivity contribution in [1.82, 2.24) is 9.78 Å². The second kappa shape index (κ2) is 3.91. The summed E-state index contributed by atoms with van der Waals surface area (Å²) in [6, 6.07) is 6.49. The van der Waals surface area contributed by atoms with Gasteiger partial charge in [-0.3, -0.25) is 0 Å². The molecule has 1 heterocycles. The zero-order chi connectivity index (χ0) is 12.6. The van der Waals surface area contributed by atoms with Crippen LogP contribution in [0.1, 0.15) is 16.8 Å². The fraction of sp³-hybridized carbons (Fsp3) is 0.167. The number of hydrogen-bond acceptors (Lipinski definition) is 3. The minimum atomic E-state index is -0.355. The first kappa shape index (κ1) is 11.1. The number of aryl methyl sites for hydroxylation is 2. The summed E-state index contributed by atoms with van der Waals surface area (Å²) in [5.74, 6) is -0.124. The molecule has 0 radical (unpaired) electrons. The molecule has 5 heteroatoms. The Kier molecular flexibility index (Phi) is 2.56. The molecule has 0 atom stereocenters. The number of nitrogen functional groups attached to an aromatic ring is 1. The molecular formula is C12H11FN4. The maximum atomic E-state index is 13.3. The van der Waals surface area contributed by atoms with Crippen LogP contribution in [0.15, 0.2) is 18.2 Å². The Hall–Kier alpha value is -2.35. The van der Waals surface area contributed by atoms with Crippen LogP contribution in [0.2, 0.25) is 0 Å². The number of nitrogens with two attached hydrogens (primary N) is 1. The molecule has 0 saturated heterocycles. The molecule has 2 N–H and O–H groups in total. The Morgan fingerprint density at radius 1 is 1.35 bits per heavy atom. The van der Waals surface area contributed by atoms with Gasteiger partial charge in [0.15, 0.2) is 0 Å². The van der Waals surface area contributed by atoms with Crippen LogP contribution in [-0.2, 0) is 0 Å². The van der Waals surface area contributed by atoms with E-state index >= 15 is 0 Å². The molecule has 0 spiro atoms. The third-order valence-electron chi connectivity index (χ3n) is 2.48. The van der Waals surface area contributed by atoms with Crippen molar-refractivity contribution in [1.29, 1.82) is 5.26 Å². The van der Waals surface area contributed by atoms with Crippen LogP contribution in [0.4, 0.5) is 10.2 Å². The monoisotopic (exact) mass is 230 g/mol. The van der Waals surface area contributed by atoms with Gasteiger partial charge in [0.05, 0.1) is 11.4 Å². The lowest BCUT2D eigenvalue weighted by molar-refractivity contribution is 0.624. The standard InChI is InChI=1S/C12H11FN4/c1-7-3-9(13)5-10(4-7)17-12(15)11(6-14)8(2)16-17/h3-5H,15H2,1-2H3. The van der Waals surface area contributed by atoms with Gasteiger partial charge in [0, 0.05) is 0 Å². The predicted octanol–water partition coefficient (Wildman–Crippen LogP) is 2.08. The van der Waals surface area contributed by atoms with Gasteiger partial charge in [0.2, 0.25) is 0 Å². The van der Waals surface area contributed by atoms with Crippen LogP contribution in [0.5, 0.6) is 0 Å². The summed E-state index contributed by atoms with van der Waals surface area (Å²) < 4.78 is 14.7. The van der Waals surface area contributed by atoms with E-state index in [0.29, 0.717) is 16.9 Å². The van der Waals surface area contributed by atoms with Crippen molar-refractivity contribution >= 4 is 5.82 Å². The van der Waals surface area contributed by atoms with E-state index in [-0.39, 0.29) is 11.6 Å². The molecule has 4 nitrogen and oxygen atoms in total. The molecule has 1 aromatic heterocycles. The third kappa shape index (κ3) is 1.85. The molecule has 0 aliphatic carbocycles. The van der Waals surface area contributed by atoms with Crippen molar-refractivity contribution in [2.24, 2.45) is 0 Å². The van der Waals surface area contributed by atoms with E-state index in [1.165, 1.54) is 16.8 Å². The number of anilines is 1. The zero-order valence-corrected chi connectivity index (χ0v) is 9.53. The molecule has 2 aromatic rings. The van der Waals surface area contributed by atoms with Crippen molar-refractivity contribution in [2.45, 2.75) is 13.8 Å². The Morgan fingerprint density at radius 2 is 2.06 bits per heavy atom. The lowest BCUT2D eigenvalue weighted by atomic mass is 10.2. The van der Waals surface area contributed by atoms with Crippen LogP contribution < -0.4 is 5.73 Å². The number of hydrogen-bond donors (Lipinski definition) is 1. The van der Waals surface area contributed by atoms with E-state index in [4.69, 9.17) is 11.0 Å². The Labute approximate surface area is 98.1 Å². The molecule has 0 saturated carbocycles. The average Bonchev–Trinajstić information content (AvgIpc) is 2.52. The molecular weight excluding hydrogens is 219 g/mol. The molecule has 0 unspecified atom stereocenters. The third-order valence-corrected chi connectivity index (χ3v) is 2.48. The van der Waals surface area contributed by atoms with Crippen molar-refractivity contribution in [3.05, 3.63) is 40.8 Å². The number of halogens is 1. The van der Waals surface area contributed by atoms with E-state index in [9.17, 15) is 4.39 Å². The van der Waals surface area contributed by atoms with Gasteiger partial charge < -0.3 is 5.73 Å². The van der Waals surface area contributed by atoms with E-state index in [1.54, 1.807) is 19.9 Å². The molecule has 0 fully saturated rings. The highest BCUT2D eigenvalue weighted by atomic mass is 19.1. The number of nitrogens with zero attached hydrogens (tertiary/aromatic N) is 3. The Balaban J connectivity index is 2.65. The van der Waals surface area contributed by atoms with Crippen LogP contribution in [0.25, 0.3) is 5.69 Å². The second-order valence-corrected chi connectivity index (χ2v) is 3.86. The minimum absolute atomic E-state index is 0.231. The fourth-order valence-corrected chi connectivity index (χ4v) is 1.72. The molecule has 0 aliphatic heterocycles. The molecule has 2 rings (SSSR count). The minimum Gasteiger partial charge on any atom is -0.382 e. The van der Waals surface area contributed by atoms with E-state index in [2.05, 4.69) is 5.10 Å². The van der Waals surface area contributed by atoms with Crippen LogP contribution in [0.3, 0.4) is 0 Å². The smallest absolute Gasteiger partial charge is 0.145 e. The Morgan fingerprint density at radius 3 is 2.59 bits per heavy atom. The fourth-order valence-electron chi connectivity index (χ4n) is 1.72. The van der Waals surface area contributed by atoms with E-state index in [0.717, 1.165) is 5.56 Å². The number of nitriles is 1. The van der Waals surface area contributed by atoms with Crippen molar-refractivity contribution in [3.63, 3.8) is 0 Å². The van der Waals surface area contributed by atoms with Crippen molar-refractivity contribution < 1.29 is 4.39 Å². The zero-order valence-electron chi connectivity index (χ0n) is 9.53. The topological polar surface area (TPSA) is 67.6 Å². The van der Waals surface area contributed by atoms with E-state index < -0.39 is 0 Å². The highest BCUT2D eigenvalue weighted by Gasteiger charge is 2.13. The first-order valence-corrected chi connectivity index (χ1v) is 5.05. The maximum Gasteiger partial charge on any atom is 0.145 e. The second-order valence-electron chi connectivity index (χ2n) is 3.86. The van der Waals surface area contributed by atoms with Gasteiger partial charge in [-0.15, -0.1) is 0 Å². The first-order chi connectivity index (χ1) is 8.02. The normalized spacial score (nSPS) is 10.2. The molecule has 86 valence electrons. The highest BCUT2D eigenvalue weighted by Crippen LogP contribution is 2.21. The Bertz CT molecular complexity index is 602. The van der Waals surface area contributed by atoms with Crippen LogP contribution in [-0.4, -0.2) is 9.78 Å². The van der Waals surface area contributed by atoms with Gasteiger partial charge in [-0.1, -0.05) is 0 Å². The van der Waals surface area contributed by atoms with E-state index in [1.807, 2.05) is 6.07 Å². The van der Waals surface area contributed by atoms with Gasteiger partial charge in [0.25, 0.3) is 0 Å². The summed E-state index contributed by atoms with van der Waals surface area (Å²) in [6.07, 6.45) is 0. The summed E-state index contributed by atoms with van der Waals surface area (Å²) in [5.41, 5.74) is 7.95. The van der Waals surface area contributed by atoms with Gasteiger partial charge in [-0.05, 0) is 37.6 Å². The van der Waals surface area contributed by atoms with Crippen LogP contribution >= 0.6 is 0 Å². The van der Waals surface area contributed by atoms with Gasteiger partial charge in [0.1, 0.15) is 23.3 Å². The summed E-state index contributed by atoms with van der Waals surface area (Å²) in [7, 11) is 0. The summed E-state index contributed by atoms with van der Waals surface area (Å²) >= 11 is 0. The average molecular weight is 230 g/mol. The quantitative estimate of drug-likeness (QED) is 0.815. The van der Waals surface area contributed by atoms with Gasteiger partial charge in [-0.2, -0.15) is 10.4 Å². The van der Waals surface area contributed by atoms with Crippen molar-refractivity contribution in [3.8, 4) is 11.8 Å². The number of aromatic nitrogens is 2. The van der Waals surface area contributed by atoms with Gasteiger partial charge in [-0.25, -0.2) is 9.07 Å². The summed E-state index contributed by atoms with van der Waals surface area (Å²) in [4.78, 5) is 0. The largest absolute Gasteiger partial charge is 0.382 e. The number of benzene rings is 1. The SMILES string of the molecule is Cc1cc(F)cc(-n2nc(C)c(C#N)c2N)c1.